The van der Waals surface area contributed by atoms with Gasteiger partial charge < -0.3 is 14.6 Å². The van der Waals surface area contributed by atoms with Gasteiger partial charge in [-0.1, -0.05) is 35.1 Å². The maximum atomic E-state index is 13.7. The van der Waals surface area contributed by atoms with Crippen LogP contribution in [0.5, 0.6) is 11.5 Å². The van der Waals surface area contributed by atoms with Gasteiger partial charge in [0.15, 0.2) is 16.3 Å². The van der Waals surface area contributed by atoms with Gasteiger partial charge in [0.2, 0.25) is 0 Å². The summed E-state index contributed by atoms with van der Waals surface area (Å²) >= 11 is 9.34. The topological polar surface area (TPSA) is 90.1 Å². The van der Waals surface area contributed by atoms with E-state index in [1.54, 1.807) is 56.3 Å². The fourth-order valence-corrected chi connectivity index (χ4v) is 5.64. The lowest BCUT2D eigenvalue weighted by Gasteiger charge is -2.24. The molecule has 1 aliphatic heterocycles. The van der Waals surface area contributed by atoms with Crippen molar-refractivity contribution in [2.75, 3.05) is 13.2 Å². The van der Waals surface area contributed by atoms with Crippen LogP contribution in [0.25, 0.3) is 6.08 Å². The number of phenols is 1. The van der Waals surface area contributed by atoms with Crippen LogP contribution in [0.1, 0.15) is 37.9 Å². The molecule has 3 aromatic rings. The highest BCUT2D eigenvalue weighted by atomic mass is 127. The molecule has 1 N–H and O–H groups in total. The molecule has 1 aromatic heterocycles. The zero-order valence-electron chi connectivity index (χ0n) is 19.2. The van der Waals surface area contributed by atoms with Crippen molar-refractivity contribution in [3.05, 3.63) is 87.1 Å². The molecule has 35 heavy (non-hydrogen) atoms. The summed E-state index contributed by atoms with van der Waals surface area (Å²) in [7, 11) is 0. The number of halogens is 2. The number of allylic oxidation sites excluding steroid dienone is 1. The highest BCUT2D eigenvalue weighted by Crippen LogP contribution is 2.33. The largest absolute Gasteiger partial charge is 0.504 e. The average Bonchev–Trinajstić information content (AvgIpc) is 3.11. The van der Waals surface area contributed by atoms with Crippen LogP contribution in [0, 0.1) is 3.57 Å². The van der Waals surface area contributed by atoms with Crippen molar-refractivity contribution < 1.29 is 19.4 Å². The third-order valence-corrected chi connectivity index (χ3v) is 7.41. The number of aromatic nitrogens is 1. The molecule has 1 atom stereocenters. The molecule has 0 saturated carbocycles. The summed E-state index contributed by atoms with van der Waals surface area (Å²) in [6.07, 6.45) is 1.73. The third-order valence-electron chi connectivity index (χ3n) is 5.35. The summed E-state index contributed by atoms with van der Waals surface area (Å²) in [4.78, 5) is 31.6. The number of rotatable bonds is 6. The minimum Gasteiger partial charge on any atom is -0.504 e. The Hall–Kier alpha value is -2.63. The molecule has 7 nitrogen and oxygen atoms in total. The predicted molar refractivity (Wildman–Crippen MR) is 144 cm³/mol. The first-order chi connectivity index (χ1) is 16.7. The molecule has 182 valence electrons. The van der Waals surface area contributed by atoms with Gasteiger partial charge >= 0.3 is 5.97 Å². The molecule has 2 heterocycles. The summed E-state index contributed by atoms with van der Waals surface area (Å²) in [5.41, 5.74) is 1.94. The van der Waals surface area contributed by atoms with Gasteiger partial charge in [0, 0.05) is 5.02 Å². The highest BCUT2D eigenvalue weighted by Gasteiger charge is 2.33. The summed E-state index contributed by atoms with van der Waals surface area (Å²) in [6, 6.07) is 9.77. The molecule has 0 fully saturated rings. The van der Waals surface area contributed by atoms with Crippen LogP contribution in [0.15, 0.2) is 57.5 Å². The number of nitrogens with zero attached hydrogens (tertiary/aromatic N) is 2. The van der Waals surface area contributed by atoms with Crippen LogP contribution < -0.4 is 19.6 Å². The number of ether oxygens (including phenoxy) is 2. The Morgan fingerprint density at radius 1 is 1.26 bits per heavy atom. The standard InChI is InChI=1S/C25H22ClIN2O5S/c1-4-33-18-11-14(10-17(27)22(18)30)12-19-23(31)29-21(15-6-8-16(26)9-7-15)20(24(32)34-5-2)13(3)28-25(29)35-19/h6-12,21,30H,4-5H2,1-3H3/b19-12+/t21-/m1/s1. The average molecular weight is 625 g/mol. The lowest BCUT2D eigenvalue weighted by atomic mass is 9.96. The van der Waals surface area contributed by atoms with Crippen molar-refractivity contribution in [3.8, 4) is 11.5 Å². The van der Waals surface area contributed by atoms with Crippen LogP contribution in [0.3, 0.4) is 0 Å². The van der Waals surface area contributed by atoms with Crippen LogP contribution >= 0.6 is 45.5 Å². The van der Waals surface area contributed by atoms with E-state index in [1.165, 1.54) is 15.9 Å². The van der Waals surface area contributed by atoms with E-state index in [1.807, 2.05) is 29.5 Å². The van der Waals surface area contributed by atoms with Crippen LogP contribution in [-0.2, 0) is 9.53 Å². The lowest BCUT2D eigenvalue weighted by Crippen LogP contribution is -2.39. The second-order valence-electron chi connectivity index (χ2n) is 7.64. The molecule has 0 bridgehead atoms. The minimum atomic E-state index is -0.705. The van der Waals surface area contributed by atoms with E-state index in [9.17, 15) is 14.7 Å². The van der Waals surface area contributed by atoms with E-state index in [0.29, 0.717) is 47.1 Å². The number of carbonyl (C=O) groups is 1. The van der Waals surface area contributed by atoms with Gasteiger partial charge in [-0.25, -0.2) is 9.79 Å². The SMILES string of the molecule is CCOC(=O)C1=C(C)N=c2s/c(=C/c3cc(I)c(O)c(OCC)c3)c(=O)n2[C@@H]1c1ccc(Cl)cc1. The summed E-state index contributed by atoms with van der Waals surface area (Å²) in [5, 5.41) is 10.8. The number of fused-ring (bicyclic) bond motifs is 1. The van der Waals surface area contributed by atoms with Gasteiger partial charge in [0.05, 0.1) is 38.6 Å². The number of thiazole rings is 1. The Balaban J connectivity index is 1.93. The number of benzene rings is 2. The Morgan fingerprint density at radius 3 is 2.63 bits per heavy atom. The Morgan fingerprint density at radius 2 is 1.97 bits per heavy atom. The number of carbonyl (C=O) groups excluding carboxylic acids is 1. The first-order valence-corrected chi connectivity index (χ1v) is 13.1. The normalized spacial score (nSPS) is 15.6. The van der Waals surface area contributed by atoms with Gasteiger partial charge in [-0.15, -0.1) is 0 Å². The molecule has 2 aromatic carbocycles. The van der Waals surface area contributed by atoms with Crippen LogP contribution in [0.2, 0.25) is 5.02 Å². The van der Waals surface area contributed by atoms with E-state index in [4.69, 9.17) is 21.1 Å². The smallest absolute Gasteiger partial charge is 0.338 e. The van der Waals surface area contributed by atoms with E-state index in [-0.39, 0.29) is 17.9 Å². The molecule has 1 aliphatic rings. The lowest BCUT2D eigenvalue weighted by molar-refractivity contribution is -0.139. The molecule has 0 unspecified atom stereocenters. The number of phenolic OH excluding ortho intramolecular Hbond substituents is 1. The van der Waals surface area contributed by atoms with Gasteiger partial charge in [-0.3, -0.25) is 9.36 Å². The van der Waals surface area contributed by atoms with Crippen molar-refractivity contribution in [2.24, 2.45) is 4.99 Å². The van der Waals surface area contributed by atoms with Crippen molar-refractivity contribution >= 4 is 57.6 Å². The molecule has 0 aliphatic carbocycles. The fourth-order valence-electron chi connectivity index (χ4n) is 3.85. The van der Waals surface area contributed by atoms with Crippen molar-refractivity contribution in [1.29, 1.82) is 0 Å². The van der Waals surface area contributed by atoms with E-state index in [2.05, 4.69) is 4.99 Å². The first-order valence-electron chi connectivity index (χ1n) is 10.9. The third kappa shape index (κ3) is 5.03. The van der Waals surface area contributed by atoms with Gasteiger partial charge in [0.1, 0.15) is 0 Å². The molecule has 0 amide bonds. The number of aromatic hydroxyl groups is 1. The first kappa shape index (κ1) is 25.5. The van der Waals surface area contributed by atoms with E-state index >= 15 is 0 Å². The number of esters is 1. The van der Waals surface area contributed by atoms with E-state index in [0.717, 1.165) is 5.56 Å². The predicted octanol–water partition coefficient (Wildman–Crippen LogP) is 4.16. The van der Waals surface area contributed by atoms with Crippen molar-refractivity contribution in [1.82, 2.24) is 4.57 Å². The van der Waals surface area contributed by atoms with Gasteiger partial charge in [0.25, 0.3) is 5.56 Å². The monoisotopic (exact) mass is 624 g/mol. The molecule has 0 spiro atoms. The van der Waals surface area contributed by atoms with E-state index < -0.39 is 12.0 Å². The maximum absolute atomic E-state index is 13.7. The second kappa shape index (κ2) is 10.5. The van der Waals surface area contributed by atoms with Crippen molar-refractivity contribution in [3.63, 3.8) is 0 Å². The Kier molecular flexibility index (Phi) is 7.67. The Bertz CT molecular complexity index is 1510. The number of hydrogen-bond acceptors (Lipinski definition) is 7. The molecule has 4 rings (SSSR count). The maximum Gasteiger partial charge on any atom is 0.338 e. The zero-order valence-corrected chi connectivity index (χ0v) is 22.9. The van der Waals surface area contributed by atoms with Crippen molar-refractivity contribution in [2.45, 2.75) is 26.8 Å². The summed E-state index contributed by atoms with van der Waals surface area (Å²) in [6.45, 7) is 5.90. The molecular weight excluding hydrogens is 603 g/mol. The second-order valence-corrected chi connectivity index (χ2v) is 10.2. The summed E-state index contributed by atoms with van der Waals surface area (Å²) in [5.74, 6) is -0.112. The Labute approximate surface area is 224 Å². The van der Waals surface area contributed by atoms with Gasteiger partial charge in [-0.05, 0) is 84.8 Å². The molecule has 0 saturated heterocycles. The fraction of sp³-hybridized carbons (Fsp3) is 0.240. The molecule has 10 heteroatoms. The zero-order chi connectivity index (χ0) is 25.3. The van der Waals surface area contributed by atoms with Gasteiger partial charge in [-0.2, -0.15) is 0 Å². The molecule has 0 radical (unpaired) electrons. The van der Waals surface area contributed by atoms with Crippen LogP contribution in [0.4, 0.5) is 0 Å². The quantitative estimate of drug-likeness (QED) is 0.329. The van der Waals surface area contributed by atoms with Crippen LogP contribution in [-0.4, -0.2) is 28.9 Å². The molecular formula is C25H22ClIN2O5S. The summed E-state index contributed by atoms with van der Waals surface area (Å²) < 4.78 is 13.4. The number of hydrogen-bond donors (Lipinski definition) is 1. The highest BCUT2D eigenvalue weighted by molar-refractivity contribution is 14.1. The minimum absolute atomic E-state index is 0.0588.